The number of rotatable bonds is 4. The first-order chi connectivity index (χ1) is 11.8. The fourth-order valence-electron chi connectivity index (χ4n) is 2.26. The number of aromatic nitrogens is 2. The van der Waals surface area contributed by atoms with E-state index >= 15 is 0 Å². The monoisotopic (exact) mass is 350 g/mol. The number of hydrogen-bond donors (Lipinski definition) is 2. The molecule has 3 amide bonds. The van der Waals surface area contributed by atoms with Crippen LogP contribution >= 0.6 is 0 Å². The van der Waals surface area contributed by atoms with E-state index in [0.717, 1.165) is 0 Å². The summed E-state index contributed by atoms with van der Waals surface area (Å²) < 4.78 is 5.34. The van der Waals surface area contributed by atoms with Crippen LogP contribution in [0, 0.1) is 0 Å². The van der Waals surface area contributed by atoms with Crippen LogP contribution < -0.4 is 10.6 Å². The van der Waals surface area contributed by atoms with Gasteiger partial charge < -0.3 is 25.2 Å². The molecule has 1 saturated heterocycles. The number of carbonyl (C=O) groups excluding carboxylic acids is 2. The molecule has 0 radical (unpaired) electrons. The summed E-state index contributed by atoms with van der Waals surface area (Å²) in [6, 6.07) is 1.60. The highest BCUT2D eigenvalue weighted by Crippen LogP contribution is 2.11. The smallest absolute Gasteiger partial charge is 0.410 e. The van der Waals surface area contributed by atoms with E-state index in [-0.39, 0.29) is 12.1 Å². The van der Waals surface area contributed by atoms with Gasteiger partial charge in [-0.3, -0.25) is 0 Å². The van der Waals surface area contributed by atoms with Crippen molar-refractivity contribution in [1.29, 1.82) is 0 Å². The van der Waals surface area contributed by atoms with Gasteiger partial charge in [0.1, 0.15) is 5.60 Å². The highest BCUT2D eigenvalue weighted by atomic mass is 16.6. The van der Waals surface area contributed by atoms with E-state index in [1.54, 1.807) is 28.3 Å². The van der Waals surface area contributed by atoms with E-state index in [1.807, 2.05) is 20.8 Å². The topological polar surface area (TPSA) is 99.7 Å². The van der Waals surface area contributed by atoms with Gasteiger partial charge in [0, 0.05) is 51.7 Å². The van der Waals surface area contributed by atoms with Crippen molar-refractivity contribution in [2.75, 3.05) is 44.6 Å². The Labute approximate surface area is 147 Å². The Balaban J connectivity index is 1.64. The maximum Gasteiger partial charge on any atom is 0.410 e. The predicted octanol–water partition coefficient (Wildman–Crippen LogP) is 1.15. The fourth-order valence-corrected chi connectivity index (χ4v) is 2.26. The Kier molecular flexibility index (Phi) is 6.37. The fraction of sp³-hybridized carbons (Fsp3) is 0.625. The molecule has 25 heavy (non-hydrogen) atoms. The van der Waals surface area contributed by atoms with Gasteiger partial charge in [-0.25, -0.2) is 19.6 Å². The van der Waals surface area contributed by atoms with Crippen molar-refractivity contribution < 1.29 is 14.3 Å². The average Bonchev–Trinajstić information content (AvgIpc) is 2.58. The summed E-state index contributed by atoms with van der Waals surface area (Å²) >= 11 is 0. The van der Waals surface area contributed by atoms with Crippen LogP contribution in [0.25, 0.3) is 0 Å². The Morgan fingerprint density at radius 2 is 1.68 bits per heavy atom. The third kappa shape index (κ3) is 6.44. The van der Waals surface area contributed by atoms with Crippen molar-refractivity contribution in [3.63, 3.8) is 0 Å². The minimum absolute atomic E-state index is 0.139. The van der Waals surface area contributed by atoms with Gasteiger partial charge in [0.2, 0.25) is 5.95 Å². The van der Waals surface area contributed by atoms with Gasteiger partial charge in [-0.15, -0.1) is 0 Å². The van der Waals surface area contributed by atoms with Crippen molar-refractivity contribution >= 4 is 18.1 Å². The number of urea groups is 1. The highest BCUT2D eigenvalue weighted by Gasteiger charge is 2.27. The lowest BCUT2D eigenvalue weighted by Crippen LogP contribution is -2.54. The molecular weight excluding hydrogens is 324 g/mol. The molecule has 2 heterocycles. The number of piperazine rings is 1. The van der Waals surface area contributed by atoms with Gasteiger partial charge in [0.15, 0.2) is 0 Å². The summed E-state index contributed by atoms with van der Waals surface area (Å²) in [4.78, 5) is 35.5. The summed E-state index contributed by atoms with van der Waals surface area (Å²) in [6.45, 7) is 8.42. The number of nitrogens with one attached hydrogen (secondary N) is 2. The van der Waals surface area contributed by atoms with Gasteiger partial charge in [0.25, 0.3) is 0 Å². The van der Waals surface area contributed by atoms with Crippen LogP contribution in [-0.2, 0) is 4.74 Å². The predicted molar refractivity (Wildman–Crippen MR) is 93.3 cm³/mol. The van der Waals surface area contributed by atoms with Crippen molar-refractivity contribution in [3.8, 4) is 0 Å². The molecule has 2 N–H and O–H groups in total. The number of amides is 3. The zero-order valence-corrected chi connectivity index (χ0v) is 15.0. The summed E-state index contributed by atoms with van der Waals surface area (Å²) in [5, 5.41) is 5.86. The zero-order chi connectivity index (χ0) is 18.3. The molecule has 1 fully saturated rings. The Bertz CT molecular complexity index is 567. The van der Waals surface area contributed by atoms with Crippen molar-refractivity contribution in [2.45, 2.75) is 26.4 Å². The standard InChI is InChI=1S/C16H26N6O3/c1-16(2,3)25-15(24)22-11-9-21(10-12-22)14(23)20-8-7-19-13-17-5-4-6-18-13/h4-6H,7-12H2,1-3H3,(H,20,23)(H,17,18,19). The molecule has 0 atom stereocenters. The van der Waals surface area contributed by atoms with Crippen LogP contribution in [0.1, 0.15) is 20.8 Å². The second-order valence-electron chi connectivity index (χ2n) is 6.69. The zero-order valence-electron chi connectivity index (χ0n) is 15.0. The van der Waals surface area contributed by atoms with Gasteiger partial charge in [-0.2, -0.15) is 0 Å². The maximum absolute atomic E-state index is 12.1. The third-order valence-electron chi connectivity index (χ3n) is 3.47. The molecule has 0 unspecified atom stereocenters. The molecule has 9 heteroatoms. The summed E-state index contributed by atoms with van der Waals surface area (Å²) in [5.74, 6) is 0.530. The minimum Gasteiger partial charge on any atom is -0.444 e. The lowest BCUT2D eigenvalue weighted by Gasteiger charge is -2.35. The minimum atomic E-state index is -0.513. The van der Waals surface area contributed by atoms with Crippen LogP contribution in [0.3, 0.4) is 0 Å². The molecule has 0 bridgehead atoms. The first-order valence-corrected chi connectivity index (χ1v) is 8.37. The third-order valence-corrected chi connectivity index (χ3v) is 3.47. The van der Waals surface area contributed by atoms with E-state index in [1.165, 1.54) is 0 Å². The highest BCUT2D eigenvalue weighted by molar-refractivity contribution is 5.75. The van der Waals surface area contributed by atoms with E-state index < -0.39 is 5.60 Å². The largest absolute Gasteiger partial charge is 0.444 e. The molecule has 1 aliphatic rings. The van der Waals surface area contributed by atoms with Gasteiger partial charge in [-0.1, -0.05) is 0 Å². The molecule has 2 rings (SSSR count). The van der Waals surface area contributed by atoms with E-state index in [0.29, 0.717) is 45.2 Å². The lowest BCUT2D eigenvalue weighted by atomic mass is 10.2. The molecule has 1 aromatic heterocycles. The Morgan fingerprint density at radius 1 is 1.08 bits per heavy atom. The van der Waals surface area contributed by atoms with E-state index in [9.17, 15) is 9.59 Å². The Morgan fingerprint density at radius 3 is 2.28 bits per heavy atom. The molecule has 0 saturated carbocycles. The molecule has 0 spiro atoms. The van der Waals surface area contributed by atoms with Crippen LogP contribution in [0.4, 0.5) is 15.5 Å². The molecule has 9 nitrogen and oxygen atoms in total. The summed E-state index contributed by atoms with van der Waals surface area (Å²) in [5.41, 5.74) is -0.513. The molecular formula is C16H26N6O3. The lowest BCUT2D eigenvalue weighted by molar-refractivity contribution is 0.0170. The molecule has 0 aliphatic carbocycles. The summed E-state index contributed by atoms with van der Waals surface area (Å²) in [6.07, 6.45) is 2.97. The number of nitrogens with zero attached hydrogens (tertiary/aromatic N) is 4. The average molecular weight is 350 g/mol. The first kappa shape index (κ1) is 18.8. The van der Waals surface area contributed by atoms with Crippen molar-refractivity contribution in [3.05, 3.63) is 18.5 Å². The van der Waals surface area contributed by atoms with E-state index in [2.05, 4.69) is 20.6 Å². The van der Waals surface area contributed by atoms with Crippen LogP contribution in [-0.4, -0.2) is 76.8 Å². The Hall–Kier alpha value is -2.58. The molecule has 138 valence electrons. The number of carbonyl (C=O) groups is 2. The van der Waals surface area contributed by atoms with Crippen molar-refractivity contribution in [1.82, 2.24) is 25.1 Å². The molecule has 1 aliphatic heterocycles. The second kappa shape index (κ2) is 8.50. The number of ether oxygens (including phenoxy) is 1. The van der Waals surface area contributed by atoms with Crippen LogP contribution in [0.2, 0.25) is 0 Å². The quantitative estimate of drug-likeness (QED) is 0.790. The molecule has 1 aromatic rings. The van der Waals surface area contributed by atoms with Crippen LogP contribution in [0.5, 0.6) is 0 Å². The van der Waals surface area contributed by atoms with Crippen LogP contribution in [0.15, 0.2) is 18.5 Å². The van der Waals surface area contributed by atoms with Gasteiger partial charge in [0.05, 0.1) is 0 Å². The van der Waals surface area contributed by atoms with E-state index in [4.69, 9.17) is 4.74 Å². The number of hydrogen-bond acceptors (Lipinski definition) is 6. The normalized spacial score (nSPS) is 14.8. The SMILES string of the molecule is CC(C)(C)OC(=O)N1CCN(C(=O)NCCNc2ncccn2)CC1. The number of anilines is 1. The first-order valence-electron chi connectivity index (χ1n) is 8.37. The maximum atomic E-state index is 12.1. The van der Waals surface area contributed by atoms with Gasteiger partial charge in [-0.05, 0) is 26.8 Å². The molecule has 0 aromatic carbocycles. The second-order valence-corrected chi connectivity index (χ2v) is 6.69. The van der Waals surface area contributed by atoms with Crippen molar-refractivity contribution in [2.24, 2.45) is 0 Å². The van der Waals surface area contributed by atoms with Gasteiger partial charge >= 0.3 is 12.1 Å². The summed E-state index contributed by atoms with van der Waals surface area (Å²) in [7, 11) is 0.